The monoisotopic (exact) mass is 246 g/mol. The van der Waals surface area contributed by atoms with Crippen LogP contribution in [0.3, 0.4) is 0 Å². The van der Waals surface area contributed by atoms with E-state index in [0.29, 0.717) is 13.1 Å². The normalized spacial score (nSPS) is 10.6. The maximum atomic E-state index is 9.17. The van der Waals surface area contributed by atoms with Crippen molar-refractivity contribution in [3.05, 3.63) is 42.0 Å². The summed E-state index contributed by atoms with van der Waals surface area (Å²) in [5.41, 5.74) is 1.08. The second-order valence-corrected chi connectivity index (χ2v) is 4.20. The minimum Gasteiger partial charge on any atom is -0.395 e. The Morgan fingerprint density at radius 3 is 2.50 bits per heavy atom. The summed E-state index contributed by atoms with van der Waals surface area (Å²) in [5, 5.41) is 17.4. The number of nitrogens with zero attached hydrogens (tertiary/aromatic N) is 4. The third-order valence-electron chi connectivity index (χ3n) is 3.01. The van der Waals surface area contributed by atoms with Gasteiger partial charge in [0, 0.05) is 19.3 Å². The molecule has 0 spiro atoms. The van der Waals surface area contributed by atoms with Gasteiger partial charge in [-0.05, 0) is 19.1 Å². The average Bonchev–Trinajstić information content (AvgIpc) is 2.71. The van der Waals surface area contributed by atoms with E-state index in [1.807, 2.05) is 48.9 Å². The van der Waals surface area contributed by atoms with Crippen molar-refractivity contribution >= 4 is 5.69 Å². The number of hydrogen-bond donors (Lipinski definition) is 1. The first-order valence-electron chi connectivity index (χ1n) is 5.98. The summed E-state index contributed by atoms with van der Waals surface area (Å²) < 4.78 is 1.97. The molecule has 0 saturated heterocycles. The fourth-order valence-corrected chi connectivity index (χ4v) is 1.82. The van der Waals surface area contributed by atoms with E-state index in [-0.39, 0.29) is 6.61 Å². The number of aliphatic hydroxyl groups excluding tert-OH is 1. The van der Waals surface area contributed by atoms with Gasteiger partial charge in [0.2, 0.25) is 0 Å². The topological polar surface area (TPSA) is 54.2 Å². The lowest BCUT2D eigenvalue weighted by Crippen LogP contribution is -2.27. The van der Waals surface area contributed by atoms with Crippen LogP contribution in [0.5, 0.6) is 0 Å². The molecule has 5 heteroatoms. The number of aliphatic hydroxyl groups is 1. The number of aryl methyl sites for hydroxylation is 1. The van der Waals surface area contributed by atoms with Crippen LogP contribution in [0, 0.1) is 6.92 Å². The van der Waals surface area contributed by atoms with Gasteiger partial charge < -0.3 is 14.6 Å². The lowest BCUT2D eigenvalue weighted by atomic mass is 10.3. The van der Waals surface area contributed by atoms with Crippen molar-refractivity contribution in [2.24, 2.45) is 7.05 Å². The van der Waals surface area contributed by atoms with Crippen LogP contribution in [0.1, 0.15) is 11.6 Å². The fourth-order valence-electron chi connectivity index (χ4n) is 1.82. The first-order valence-corrected chi connectivity index (χ1v) is 5.98. The minimum atomic E-state index is 0.117. The third kappa shape index (κ3) is 2.68. The molecule has 1 aromatic heterocycles. The Morgan fingerprint density at radius 2 is 1.94 bits per heavy atom. The van der Waals surface area contributed by atoms with E-state index in [2.05, 4.69) is 15.1 Å². The van der Waals surface area contributed by atoms with Gasteiger partial charge in [-0.3, -0.25) is 0 Å². The number of benzene rings is 1. The molecular formula is C13H18N4O. The van der Waals surface area contributed by atoms with Crippen LogP contribution in [0.4, 0.5) is 5.69 Å². The Bertz CT molecular complexity index is 495. The van der Waals surface area contributed by atoms with Gasteiger partial charge in [-0.1, -0.05) is 18.2 Å². The van der Waals surface area contributed by atoms with Crippen molar-refractivity contribution < 1.29 is 5.11 Å². The molecule has 0 aliphatic rings. The largest absolute Gasteiger partial charge is 0.395 e. The fraction of sp³-hybridized carbons (Fsp3) is 0.385. The highest BCUT2D eigenvalue weighted by molar-refractivity contribution is 5.45. The van der Waals surface area contributed by atoms with Gasteiger partial charge in [0.15, 0.2) is 5.82 Å². The van der Waals surface area contributed by atoms with Crippen LogP contribution >= 0.6 is 0 Å². The Balaban J connectivity index is 2.19. The molecule has 0 saturated carbocycles. The van der Waals surface area contributed by atoms with Crippen molar-refractivity contribution in [3.63, 3.8) is 0 Å². The summed E-state index contributed by atoms with van der Waals surface area (Å²) in [4.78, 5) is 2.09. The SMILES string of the molecule is Cc1nnc(CN(CCO)c2ccccc2)n1C. The predicted octanol–water partition coefficient (Wildman–Crippen LogP) is 1.12. The molecule has 5 nitrogen and oxygen atoms in total. The quantitative estimate of drug-likeness (QED) is 0.859. The van der Waals surface area contributed by atoms with Crippen LogP contribution in [0.25, 0.3) is 0 Å². The first kappa shape index (κ1) is 12.6. The molecule has 0 bridgehead atoms. The second-order valence-electron chi connectivity index (χ2n) is 4.20. The first-order chi connectivity index (χ1) is 8.72. The van der Waals surface area contributed by atoms with E-state index in [1.54, 1.807) is 0 Å². The van der Waals surface area contributed by atoms with Gasteiger partial charge in [0.25, 0.3) is 0 Å². The van der Waals surface area contributed by atoms with Crippen molar-refractivity contribution in [1.82, 2.24) is 14.8 Å². The number of rotatable bonds is 5. The highest BCUT2D eigenvalue weighted by Gasteiger charge is 2.11. The molecule has 0 amide bonds. The Labute approximate surface area is 107 Å². The zero-order valence-electron chi connectivity index (χ0n) is 10.7. The number of hydrogen-bond acceptors (Lipinski definition) is 4. The summed E-state index contributed by atoms with van der Waals surface area (Å²) in [7, 11) is 1.95. The van der Waals surface area contributed by atoms with E-state index < -0.39 is 0 Å². The van der Waals surface area contributed by atoms with Crippen LogP contribution < -0.4 is 4.90 Å². The van der Waals surface area contributed by atoms with Crippen LogP contribution in [-0.2, 0) is 13.6 Å². The number of para-hydroxylation sites is 1. The molecule has 96 valence electrons. The molecule has 0 aliphatic carbocycles. The molecule has 0 radical (unpaired) electrons. The minimum absolute atomic E-state index is 0.117. The molecule has 0 unspecified atom stereocenters. The maximum Gasteiger partial charge on any atom is 0.152 e. The third-order valence-corrected chi connectivity index (χ3v) is 3.01. The second kappa shape index (κ2) is 5.64. The molecule has 1 aromatic carbocycles. The van der Waals surface area contributed by atoms with Crippen molar-refractivity contribution in [2.75, 3.05) is 18.1 Å². The van der Waals surface area contributed by atoms with Gasteiger partial charge in [0.1, 0.15) is 5.82 Å². The highest BCUT2D eigenvalue weighted by Crippen LogP contribution is 2.15. The van der Waals surface area contributed by atoms with E-state index in [1.165, 1.54) is 0 Å². The predicted molar refractivity (Wildman–Crippen MR) is 70.3 cm³/mol. The van der Waals surface area contributed by atoms with Gasteiger partial charge in [-0.2, -0.15) is 0 Å². The molecule has 1 heterocycles. The summed E-state index contributed by atoms with van der Waals surface area (Å²) in [6, 6.07) is 10.0. The van der Waals surface area contributed by atoms with E-state index >= 15 is 0 Å². The van der Waals surface area contributed by atoms with Crippen molar-refractivity contribution in [2.45, 2.75) is 13.5 Å². The van der Waals surface area contributed by atoms with Gasteiger partial charge in [-0.15, -0.1) is 10.2 Å². The zero-order valence-corrected chi connectivity index (χ0v) is 10.7. The Kier molecular flexibility index (Phi) is 3.94. The Hall–Kier alpha value is -1.88. The molecule has 0 fully saturated rings. The molecule has 0 atom stereocenters. The smallest absolute Gasteiger partial charge is 0.152 e. The van der Waals surface area contributed by atoms with Crippen LogP contribution in [0.15, 0.2) is 30.3 Å². The van der Waals surface area contributed by atoms with Crippen molar-refractivity contribution in [3.8, 4) is 0 Å². The Morgan fingerprint density at radius 1 is 1.22 bits per heavy atom. The highest BCUT2D eigenvalue weighted by atomic mass is 16.3. The molecule has 0 aliphatic heterocycles. The summed E-state index contributed by atoms with van der Waals surface area (Å²) >= 11 is 0. The van der Waals surface area contributed by atoms with E-state index in [4.69, 9.17) is 5.11 Å². The molecule has 2 rings (SSSR count). The van der Waals surface area contributed by atoms with Crippen LogP contribution in [-0.4, -0.2) is 33.0 Å². The molecule has 2 aromatic rings. The van der Waals surface area contributed by atoms with Crippen LogP contribution in [0.2, 0.25) is 0 Å². The average molecular weight is 246 g/mol. The maximum absolute atomic E-state index is 9.17. The van der Waals surface area contributed by atoms with Gasteiger partial charge in [0.05, 0.1) is 13.2 Å². The van der Waals surface area contributed by atoms with E-state index in [9.17, 15) is 0 Å². The van der Waals surface area contributed by atoms with E-state index in [0.717, 1.165) is 17.3 Å². The zero-order chi connectivity index (χ0) is 13.0. The summed E-state index contributed by atoms with van der Waals surface area (Å²) in [6.45, 7) is 3.26. The summed E-state index contributed by atoms with van der Waals surface area (Å²) in [5.74, 6) is 1.78. The van der Waals surface area contributed by atoms with Gasteiger partial charge >= 0.3 is 0 Å². The molecule has 1 N–H and O–H groups in total. The lowest BCUT2D eigenvalue weighted by molar-refractivity contribution is 0.301. The number of aromatic nitrogens is 3. The van der Waals surface area contributed by atoms with Crippen molar-refractivity contribution in [1.29, 1.82) is 0 Å². The molecule has 18 heavy (non-hydrogen) atoms. The summed E-state index contributed by atoms with van der Waals surface area (Å²) in [6.07, 6.45) is 0. The molecular weight excluding hydrogens is 228 g/mol. The van der Waals surface area contributed by atoms with Gasteiger partial charge in [-0.25, -0.2) is 0 Å². The lowest BCUT2D eigenvalue weighted by Gasteiger charge is -2.23. The standard InChI is InChI=1S/C13H18N4O/c1-11-14-15-13(16(11)2)10-17(8-9-18)12-6-4-3-5-7-12/h3-7,18H,8-10H2,1-2H3. The number of anilines is 1.